The highest BCUT2D eigenvalue weighted by Gasteiger charge is 2.45. The number of nitrogens with two attached hydrogens (primary N) is 1. The molecule has 2 heterocycles. The van der Waals surface area contributed by atoms with Crippen LogP contribution in [0.4, 0.5) is 5.82 Å². The number of rotatable bonds is 6. The SMILES string of the molecule is [15NH2]c1cc[15n]([C@@H]2O[C@H](COP(=O)(O)OP(=O)(O)O)C(O)[C@@H]2O)c(=O)[15n]1. The molecule has 0 spiro atoms. The second-order valence-electron chi connectivity index (χ2n) is 4.93. The Bertz CT molecular complexity index is 778. The molecule has 0 radical (unpaired) electrons. The average molecular weight is 406 g/mol. The topological polar surface area (TPSA) is 224 Å². The van der Waals surface area contributed by atoms with Crippen LogP contribution in [0.5, 0.6) is 0 Å². The number of hydrogen-bond acceptors (Lipinski definition) is 10. The largest absolute Gasteiger partial charge is 0.481 e. The third-order valence-corrected chi connectivity index (χ3v) is 5.23. The first-order valence-electron chi connectivity index (χ1n) is 6.50. The van der Waals surface area contributed by atoms with Gasteiger partial charge in [0.2, 0.25) is 0 Å². The van der Waals surface area contributed by atoms with Gasteiger partial charge in [0.15, 0.2) is 6.23 Å². The molecule has 1 fully saturated rings. The van der Waals surface area contributed by atoms with Gasteiger partial charge in [0.25, 0.3) is 0 Å². The van der Waals surface area contributed by atoms with Gasteiger partial charge < -0.3 is 35.4 Å². The van der Waals surface area contributed by atoms with E-state index in [1.807, 2.05) is 0 Å². The number of anilines is 1. The number of nitrogen functional groups attached to an aromatic ring is 1. The molecule has 1 aliphatic heterocycles. The smallest absolute Gasteiger partial charge is 0.387 e. The molecule has 2 rings (SSSR count). The maximum absolute atomic E-state index is 11.7. The van der Waals surface area contributed by atoms with Gasteiger partial charge >= 0.3 is 21.3 Å². The first kappa shape index (κ1) is 20.1. The van der Waals surface area contributed by atoms with E-state index >= 15 is 0 Å². The van der Waals surface area contributed by atoms with Crippen LogP contribution in [0, 0.1) is 0 Å². The van der Waals surface area contributed by atoms with E-state index in [0.29, 0.717) is 0 Å². The van der Waals surface area contributed by atoms with Gasteiger partial charge in [0.1, 0.15) is 24.1 Å². The van der Waals surface area contributed by atoms with Crippen LogP contribution in [0.25, 0.3) is 0 Å². The van der Waals surface area contributed by atoms with Gasteiger partial charge in [-0.1, -0.05) is 0 Å². The molecule has 142 valence electrons. The van der Waals surface area contributed by atoms with E-state index in [2.05, 4.69) is 13.8 Å². The molecule has 0 aromatic carbocycles. The summed E-state index contributed by atoms with van der Waals surface area (Å²) in [6.07, 6.45) is -4.93. The fourth-order valence-corrected chi connectivity index (χ4v) is 3.64. The standard InChI is InChI=1S/C9H15N3O11P2/c10-5-1-2-12(9(15)11-5)8-7(14)6(13)4(22-8)3-21-25(19,20)23-24(16,17)18/h1-2,4,6-8,13-14H,3H2,(H,19,20)(H2,10,11,15)(H2,16,17,18)/t4-,6?,7+,8-/m1/s1/i10+1,11+1,12+1. The molecule has 0 amide bonds. The summed E-state index contributed by atoms with van der Waals surface area (Å²) < 4.78 is 35.8. The van der Waals surface area contributed by atoms with Crippen molar-refractivity contribution in [2.75, 3.05) is 12.3 Å². The zero-order chi connectivity index (χ0) is 19.0. The molecule has 14 nitrogen and oxygen atoms in total. The number of phosphoric ester groups is 1. The number of aliphatic hydroxyl groups excluding tert-OH is 2. The molecule has 25 heavy (non-hydrogen) atoms. The minimum absolute atomic E-state index is 0.0787. The maximum atomic E-state index is 11.7. The van der Waals surface area contributed by atoms with Crippen molar-refractivity contribution < 1.29 is 47.6 Å². The molecular formula is C9H15N3O11P2. The summed E-state index contributed by atoms with van der Waals surface area (Å²) in [5.41, 5.74) is 4.45. The third-order valence-electron chi connectivity index (χ3n) is 3.07. The molecule has 2 unspecified atom stereocenters. The lowest BCUT2D eigenvalue weighted by atomic mass is 10.1. The molecule has 1 aromatic rings. The summed E-state index contributed by atoms with van der Waals surface area (Å²) >= 11 is 0. The predicted octanol–water partition coefficient (Wildman–Crippen LogP) is -2.33. The van der Waals surface area contributed by atoms with Crippen LogP contribution in [0.3, 0.4) is 0 Å². The van der Waals surface area contributed by atoms with Crippen LogP contribution < -0.4 is 11.4 Å². The lowest BCUT2D eigenvalue weighted by Crippen LogP contribution is -2.36. The van der Waals surface area contributed by atoms with Gasteiger partial charge in [0.05, 0.1) is 6.61 Å². The van der Waals surface area contributed by atoms with E-state index < -0.39 is 52.5 Å². The van der Waals surface area contributed by atoms with Gasteiger partial charge in [-0.25, -0.2) is 13.9 Å². The number of aromatic nitrogens is 2. The van der Waals surface area contributed by atoms with Crippen molar-refractivity contribution in [3.05, 3.63) is 22.7 Å². The van der Waals surface area contributed by atoms with Crippen molar-refractivity contribution in [1.82, 2.24) is 9.55 Å². The monoisotopic (exact) mass is 406 g/mol. The second-order valence-corrected chi connectivity index (χ2v) is 7.75. The van der Waals surface area contributed by atoms with Crippen LogP contribution >= 0.6 is 15.6 Å². The minimum Gasteiger partial charge on any atom is -0.387 e. The van der Waals surface area contributed by atoms with Gasteiger partial charge in [0, 0.05) is 6.20 Å². The fraction of sp³-hybridized carbons (Fsp3) is 0.556. The lowest BCUT2D eigenvalue weighted by molar-refractivity contribution is -0.0541. The highest BCUT2D eigenvalue weighted by Crippen LogP contribution is 2.57. The Morgan fingerprint density at radius 1 is 1.28 bits per heavy atom. The first-order valence-corrected chi connectivity index (χ1v) is 9.53. The average Bonchev–Trinajstić information content (AvgIpc) is 2.71. The Morgan fingerprint density at radius 2 is 1.92 bits per heavy atom. The fourth-order valence-electron chi connectivity index (χ4n) is 2.04. The molecule has 0 saturated carbocycles. The van der Waals surface area contributed by atoms with Crippen LogP contribution in [0.15, 0.2) is 17.1 Å². The molecular weight excluding hydrogens is 391 g/mol. The van der Waals surface area contributed by atoms with E-state index in [-0.39, 0.29) is 5.82 Å². The van der Waals surface area contributed by atoms with Gasteiger partial charge in [-0.05, 0) is 6.07 Å². The summed E-state index contributed by atoms with van der Waals surface area (Å²) in [4.78, 5) is 41.3. The van der Waals surface area contributed by atoms with E-state index in [4.69, 9.17) is 25.2 Å². The van der Waals surface area contributed by atoms with E-state index in [9.17, 15) is 24.1 Å². The summed E-state index contributed by atoms with van der Waals surface area (Å²) in [5.74, 6) is -0.0787. The Labute approximate surface area is 139 Å². The molecule has 0 aliphatic carbocycles. The third kappa shape index (κ3) is 5.15. The van der Waals surface area contributed by atoms with E-state index in [0.717, 1.165) is 10.8 Å². The highest BCUT2D eigenvalue weighted by molar-refractivity contribution is 7.60. The Kier molecular flexibility index (Phi) is 5.81. The van der Waals surface area contributed by atoms with Crippen molar-refractivity contribution >= 4 is 21.5 Å². The van der Waals surface area contributed by atoms with E-state index in [1.54, 1.807) is 0 Å². The number of nitrogens with zero attached hydrogens (tertiary/aromatic N) is 2. The molecule has 16 heteroatoms. The Balaban J connectivity index is 2.08. The quantitative estimate of drug-likeness (QED) is 0.216. The maximum Gasteiger partial charge on any atom is 0.481 e. The molecule has 1 aromatic heterocycles. The highest BCUT2D eigenvalue weighted by atomic mass is 31.3. The predicted molar refractivity (Wildman–Crippen MR) is 77.7 cm³/mol. The van der Waals surface area contributed by atoms with Crippen LogP contribution in [0.1, 0.15) is 6.23 Å². The summed E-state index contributed by atoms with van der Waals surface area (Å²) in [6, 6.07) is 1.24. The number of ether oxygens (including phenoxy) is 1. The summed E-state index contributed by atoms with van der Waals surface area (Å²) in [5, 5.41) is 19.8. The number of hydrogen-bond donors (Lipinski definition) is 6. The minimum atomic E-state index is -5.30. The Morgan fingerprint density at radius 3 is 2.48 bits per heavy atom. The molecule has 7 N–H and O–H groups in total. The van der Waals surface area contributed by atoms with Gasteiger partial charge in [-0.15, -0.1) is 0 Å². The Hall–Kier alpha value is -1.18. The van der Waals surface area contributed by atoms with Crippen LogP contribution in [-0.4, -0.2) is 59.4 Å². The number of phosphoric acid groups is 2. The molecule has 1 aliphatic rings. The van der Waals surface area contributed by atoms with Crippen molar-refractivity contribution in [1.29, 1.82) is 0 Å². The molecule has 1 saturated heterocycles. The van der Waals surface area contributed by atoms with Crippen LogP contribution in [0.2, 0.25) is 0 Å². The second kappa shape index (κ2) is 7.21. The first-order chi connectivity index (χ1) is 11.4. The van der Waals surface area contributed by atoms with Crippen molar-refractivity contribution in [2.45, 2.75) is 24.5 Å². The normalized spacial score (nSPS) is 29.5. The zero-order valence-electron chi connectivity index (χ0n) is 12.2. The van der Waals surface area contributed by atoms with Crippen molar-refractivity contribution in [2.24, 2.45) is 0 Å². The summed E-state index contributed by atoms with van der Waals surface area (Å²) in [7, 11) is -10.5. The van der Waals surface area contributed by atoms with Crippen molar-refractivity contribution in [3.63, 3.8) is 0 Å². The van der Waals surface area contributed by atoms with Gasteiger partial charge in [-0.2, -0.15) is 9.29 Å². The molecule has 0 bridgehead atoms. The zero-order valence-corrected chi connectivity index (χ0v) is 14.0. The summed E-state index contributed by atoms with van der Waals surface area (Å²) in [6.45, 7) is -0.875. The van der Waals surface area contributed by atoms with Crippen molar-refractivity contribution in [3.8, 4) is 0 Å². The molecule has 5 atom stereocenters. The lowest BCUT2D eigenvalue weighted by Gasteiger charge is -2.17. The number of aliphatic hydroxyl groups is 2. The van der Waals surface area contributed by atoms with Crippen LogP contribution in [-0.2, 0) is 22.7 Å². The van der Waals surface area contributed by atoms with Gasteiger partial charge in [-0.3, -0.25) is 9.09 Å². The van der Waals surface area contributed by atoms with E-state index in [1.165, 1.54) is 6.07 Å².